The quantitative estimate of drug-likeness (QED) is 0.613. The molecule has 72 valence electrons. The summed E-state index contributed by atoms with van der Waals surface area (Å²) >= 11 is 0. The number of hydrogen-bond acceptors (Lipinski definition) is 3. The van der Waals surface area contributed by atoms with Crippen LogP contribution in [0.2, 0.25) is 0 Å². The number of nitrogens with zero attached hydrogens (tertiary/aromatic N) is 2. The van der Waals surface area contributed by atoms with Gasteiger partial charge in [-0.3, -0.25) is 9.20 Å². The first kappa shape index (κ1) is 8.55. The third-order valence-corrected chi connectivity index (χ3v) is 1.93. The standard InChI is InChI=1S/C9H8N2O3/c1-14-11-8(12)6-7-4-2-3-5-10(7)9(11)13/h2-6H,1H3. The molecule has 2 aromatic rings. The minimum absolute atomic E-state index is 0.469. The number of rotatable bonds is 1. The first-order chi connectivity index (χ1) is 6.74. The molecule has 0 unspecified atom stereocenters. The molecule has 0 N–H and O–H groups in total. The summed E-state index contributed by atoms with van der Waals surface area (Å²) in [6, 6.07) is 6.48. The van der Waals surface area contributed by atoms with Gasteiger partial charge in [-0.25, -0.2) is 4.79 Å². The summed E-state index contributed by atoms with van der Waals surface area (Å²) in [5.74, 6) is 0. The van der Waals surface area contributed by atoms with Crippen LogP contribution in [-0.4, -0.2) is 16.2 Å². The van der Waals surface area contributed by atoms with E-state index >= 15 is 0 Å². The molecule has 0 saturated carbocycles. The molecule has 0 aliphatic rings. The fourth-order valence-corrected chi connectivity index (χ4v) is 1.29. The van der Waals surface area contributed by atoms with Crippen molar-refractivity contribution in [2.75, 3.05) is 7.11 Å². The SMILES string of the molecule is COn1c(=O)cc2ccccn2c1=O. The molecular formula is C9H8N2O3. The Labute approximate surface area is 78.7 Å². The highest BCUT2D eigenvalue weighted by Crippen LogP contribution is 1.94. The topological polar surface area (TPSA) is 52.7 Å². The maximum absolute atomic E-state index is 11.6. The molecule has 0 amide bonds. The average molecular weight is 192 g/mol. The van der Waals surface area contributed by atoms with E-state index in [-0.39, 0.29) is 0 Å². The van der Waals surface area contributed by atoms with E-state index in [9.17, 15) is 9.59 Å². The second-order valence-electron chi connectivity index (χ2n) is 2.74. The summed E-state index contributed by atoms with van der Waals surface area (Å²) in [6.07, 6.45) is 1.58. The van der Waals surface area contributed by atoms with Crippen molar-refractivity contribution in [1.82, 2.24) is 9.13 Å². The van der Waals surface area contributed by atoms with Crippen molar-refractivity contribution in [3.8, 4) is 0 Å². The van der Waals surface area contributed by atoms with Crippen molar-refractivity contribution >= 4 is 5.52 Å². The molecule has 0 fully saturated rings. The van der Waals surface area contributed by atoms with E-state index in [1.807, 2.05) is 0 Å². The Morgan fingerprint density at radius 3 is 2.79 bits per heavy atom. The number of hydrogen-bond donors (Lipinski definition) is 0. The second-order valence-corrected chi connectivity index (χ2v) is 2.74. The Balaban J connectivity index is 3.01. The summed E-state index contributed by atoms with van der Waals surface area (Å²) in [5, 5.41) is 0. The maximum atomic E-state index is 11.6. The van der Waals surface area contributed by atoms with E-state index in [2.05, 4.69) is 4.84 Å². The summed E-state index contributed by atoms with van der Waals surface area (Å²) in [5.41, 5.74) is -0.421. The second kappa shape index (κ2) is 3.02. The van der Waals surface area contributed by atoms with Gasteiger partial charge in [0, 0.05) is 12.3 Å². The first-order valence-electron chi connectivity index (χ1n) is 4.02. The Hall–Kier alpha value is -2.04. The Morgan fingerprint density at radius 2 is 2.07 bits per heavy atom. The Kier molecular flexibility index (Phi) is 1.85. The first-order valence-corrected chi connectivity index (χ1v) is 4.02. The van der Waals surface area contributed by atoms with Crippen molar-refractivity contribution in [2.24, 2.45) is 0 Å². The van der Waals surface area contributed by atoms with Gasteiger partial charge in [-0.2, -0.15) is 0 Å². The van der Waals surface area contributed by atoms with Crippen molar-refractivity contribution in [3.63, 3.8) is 0 Å². The monoisotopic (exact) mass is 192 g/mol. The van der Waals surface area contributed by atoms with E-state index in [0.29, 0.717) is 10.2 Å². The van der Waals surface area contributed by atoms with Gasteiger partial charge in [-0.1, -0.05) is 10.8 Å². The zero-order valence-corrected chi connectivity index (χ0v) is 7.51. The molecule has 0 bridgehead atoms. The molecule has 0 aromatic carbocycles. The lowest BCUT2D eigenvalue weighted by atomic mass is 10.4. The predicted molar refractivity (Wildman–Crippen MR) is 50.4 cm³/mol. The molecule has 0 atom stereocenters. The normalized spacial score (nSPS) is 10.4. The van der Waals surface area contributed by atoms with Crippen LogP contribution in [0.5, 0.6) is 0 Å². The van der Waals surface area contributed by atoms with E-state index in [0.717, 1.165) is 0 Å². The summed E-state index contributed by atoms with van der Waals surface area (Å²) in [4.78, 5) is 27.5. The molecule has 5 heteroatoms. The lowest BCUT2D eigenvalue weighted by Gasteiger charge is -2.03. The maximum Gasteiger partial charge on any atom is 0.369 e. The molecule has 0 spiro atoms. The summed E-state index contributed by atoms with van der Waals surface area (Å²) < 4.78 is 2.04. The molecule has 2 rings (SSSR count). The van der Waals surface area contributed by atoms with E-state index in [1.165, 1.54) is 17.6 Å². The molecule has 0 aliphatic carbocycles. The number of pyridine rings is 1. The number of aromatic nitrogens is 2. The van der Waals surface area contributed by atoms with Gasteiger partial charge in [0.15, 0.2) is 0 Å². The molecule has 5 nitrogen and oxygen atoms in total. The zero-order valence-electron chi connectivity index (χ0n) is 7.51. The molecule has 0 radical (unpaired) electrons. The van der Waals surface area contributed by atoms with Crippen molar-refractivity contribution in [1.29, 1.82) is 0 Å². The Morgan fingerprint density at radius 1 is 1.29 bits per heavy atom. The van der Waals surface area contributed by atoms with Gasteiger partial charge in [-0.15, -0.1) is 0 Å². The van der Waals surface area contributed by atoms with Crippen molar-refractivity contribution in [3.05, 3.63) is 51.3 Å². The van der Waals surface area contributed by atoms with Crippen LogP contribution in [0, 0.1) is 0 Å². The van der Waals surface area contributed by atoms with Gasteiger partial charge in [-0.05, 0) is 12.1 Å². The lowest BCUT2D eigenvalue weighted by molar-refractivity contribution is 0.143. The third-order valence-electron chi connectivity index (χ3n) is 1.93. The van der Waals surface area contributed by atoms with E-state index in [1.54, 1.807) is 24.4 Å². The fourth-order valence-electron chi connectivity index (χ4n) is 1.29. The van der Waals surface area contributed by atoms with E-state index in [4.69, 9.17) is 0 Å². The van der Waals surface area contributed by atoms with Crippen molar-refractivity contribution < 1.29 is 4.84 Å². The van der Waals surface area contributed by atoms with Crippen LogP contribution in [0.25, 0.3) is 5.52 Å². The van der Waals surface area contributed by atoms with Crippen LogP contribution in [0.1, 0.15) is 0 Å². The van der Waals surface area contributed by atoms with Crippen LogP contribution in [0.4, 0.5) is 0 Å². The molecule has 2 aromatic heterocycles. The third kappa shape index (κ3) is 1.10. The minimum Gasteiger partial charge on any atom is -0.409 e. The lowest BCUT2D eigenvalue weighted by Crippen LogP contribution is -2.40. The van der Waals surface area contributed by atoms with Crippen LogP contribution >= 0.6 is 0 Å². The summed E-state index contributed by atoms with van der Waals surface area (Å²) in [6.45, 7) is 0. The van der Waals surface area contributed by atoms with Crippen LogP contribution < -0.4 is 16.1 Å². The molecule has 2 heterocycles. The van der Waals surface area contributed by atoms with Gasteiger partial charge < -0.3 is 4.84 Å². The van der Waals surface area contributed by atoms with Gasteiger partial charge in [0.2, 0.25) is 0 Å². The highest BCUT2D eigenvalue weighted by atomic mass is 16.7. The molecule has 0 saturated heterocycles. The zero-order chi connectivity index (χ0) is 10.1. The van der Waals surface area contributed by atoms with Gasteiger partial charge in [0.25, 0.3) is 5.56 Å². The average Bonchev–Trinajstić information content (AvgIpc) is 2.18. The smallest absolute Gasteiger partial charge is 0.369 e. The van der Waals surface area contributed by atoms with Gasteiger partial charge >= 0.3 is 5.69 Å². The molecule has 0 aliphatic heterocycles. The van der Waals surface area contributed by atoms with Crippen LogP contribution in [0.15, 0.2) is 40.1 Å². The summed E-state index contributed by atoms with van der Waals surface area (Å²) in [7, 11) is 1.28. The predicted octanol–water partition coefficient (Wildman–Crippen LogP) is -0.480. The molecular weight excluding hydrogens is 184 g/mol. The highest BCUT2D eigenvalue weighted by Gasteiger charge is 2.03. The molecule has 14 heavy (non-hydrogen) atoms. The minimum atomic E-state index is -0.504. The van der Waals surface area contributed by atoms with Gasteiger partial charge in [0.1, 0.15) is 7.11 Å². The van der Waals surface area contributed by atoms with Crippen LogP contribution in [-0.2, 0) is 0 Å². The van der Waals surface area contributed by atoms with Crippen molar-refractivity contribution in [2.45, 2.75) is 0 Å². The van der Waals surface area contributed by atoms with Gasteiger partial charge in [0.05, 0.1) is 5.52 Å². The van der Waals surface area contributed by atoms with E-state index < -0.39 is 11.2 Å². The number of fused-ring (bicyclic) bond motifs is 1. The highest BCUT2D eigenvalue weighted by molar-refractivity contribution is 5.44. The largest absolute Gasteiger partial charge is 0.409 e. The Bertz CT molecular complexity index is 582. The van der Waals surface area contributed by atoms with Crippen LogP contribution in [0.3, 0.4) is 0 Å². The fraction of sp³-hybridized carbons (Fsp3) is 0.111.